The number of allylic oxidation sites excluding steroid dienone is 2. The van der Waals surface area contributed by atoms with Crippen molar-refractivity contribution < 1.29 is 47.9 Å². The van der Waals surface area contributed by atoms with Crippen LogP contribution < -0.4 is 42.5 Å². The summed E-state index contributed by atoms with van der Waals surface area (Å²) in [6.45, 7) is 2.01. The van der Waals surface area contributed by atoms with Gasteiger partial charge in [0.25, 0.3) is 41.4 Å². The van der Waals surface area contributed by atoms with E-state index in [0.29, 0.717) is 62.8 Å². The summed E-state index contributed by atoms with van der Waals surface area (Å²) in [6.07, 6.45) is 12.1. The standard InChI is InChI=1S/C63H61N17O10/c1-33(81)65-37-19-47(75(3)27-37)58(86)68-39-21-50(77(5)29-39)60(88)69-40-22-49(76(4)30-40)59(87)67-38-20-46(74(2)28-38)56(84)64-16-10-13-54(83)72-53-32-79(7)55(73-53)61(89)70-41-23-48(78(6)31-41)57(85)66-36-14-15-44-34(17-36)18-45(71-44)62(90)80-26-35-25-63(35)43-12-9-8-11-42(43)51(82)24-52(63)80/h8-9,11-12,14-15,17-24,27-32,35,71H,10,13,16,25-26H2,1-7H3,(H,64,84)(H,65,81)(H,66,85)(H,67,87)(H,68,86)(H,69,88)(H,70,89)(H,72,83). The molecule has 9 aromatic rings. The lowest BCUT2D eigenvalue weighted by atomic mass is 9.81. The number of H-pyrrole nitrogens is 1. The second-order valence-corrected chi connectivity index (χ2v) is 22.8. The number of hydrogen-bond donors (Lipinski definition) is 9. The van der Waals surface area contributed by atoms with Crippen molar-refractivity contribution in [1.82, 2.24) is 47.6 Å². The summed E-state index contributed by atoms with van der Waals surface area (Å²) in [5.41, 5.74) is 6.59. The number of nitrogens with zero attached hydrogens (tertiary/aromatic N) is 8. The van der Waals surface area contributed by atoms with Gasteiger partial charge in [0.15, 0.2) is 11.6 Å². The zero-order valence-corrected chi connectivity index (χ0v) is 49.8. The molecule has 8 heterocycles. The fraction of sp³-hybridized carbons (Fsp3) is 0.222. The van der Waals surface area contributed by atoms with Crippen LogP contribution in [0.4, 0.5) is 39.9 Å². The van der Waals surface area contributed by atoms with Gasteiger partial charge in [0.05, 0.1) is 28.4 Å². The highest BCUT2D eigenvalue weighted by atomic mass is 16.2. The van der Waals surface area contributed by atoms with Crippen molar-refractivity contribution in [2.24, 2.45) is 48.2 Å². The number of piperidine rings is 1. The van der Waals surface area contributed by atoms with E-state index < -0.39 is 41.4 Å². The number of rotatable bonds is 18. The second kappa shape index (κ2) is 22.8. The molecule has 90 heavy (non-hydrogen) atoms. The van der Waals surface area contributed by atoms with E-state index in [1.165, 1.54) is 61.7 Å². The molecule has 0 radical (unpaired) electrons. The average molecular weight is 1220 g/mol. The fourth-order valence-corrected chi connectivity index (χ4v) is 12.0. The number of aromatic nitrogens is 8. The SMILES string of the molecule is CC(=O)Nc1cc(C(=O)Nc2cc(C(=O)Nc3cc(C(=O)Nc4cc(C(=O)NCCCC(=O)Nc5cn(C)c(C(=O)Nc6cc(C(=O)Nc7ccc8[nH]c(C(=O)N9CC%10CC%10%11C9=CC(=O)c9ccccc9%11)cc8c7)n(C)c6)n5)n(C)c4)n(C)c3)n(C)c2)n(C)c1. The molecule has 2 unspecified atom stereocenters. The first-order valence-electron chi connectivity index (χ1n) is 28.6. The maximum atomic E-state index is 14.0. The molecule has 2 atom stereocenters. The first kappa shape index (κ1) is 58.6. The minimum absolute atomic E-state index is 0.00173. The van der Waals surface area contributed by atoms with Gasteiger partial charge in [0.2, 0.25) is 17.6 Å². The van der Waals surface area contributed by atoms with Gasteiger partial charge in [-0.05, 0) is 78.9 Å². The van der Waals surface area contributed by atoms with Crippen molar-refractivity contribution >= 4 is 110 Å². The van der Waals surface area contributed by atoms with Gasteiger partial charge in [-0.1, -0.05) is 24.3 Å². The van der Waals surface area contributed by atoms with E-state index in [9.17, 15) is 47.9 Å². The number of imidazole rings is 1. The van der Waals surface area contributed by atoms with Crippen LogP contribution in [0.2, 0.25) is 0 Å². The predicted molar refractivity (Wildman–Crippen MR) is 333 cm³/mol. The Hall–Kier alpha value is -11.8. The van der Waals surface area contributed by atoms with Crippen molar-refractivity contribution in [3.63, 3.8) is 0 Å². The van der Waals surface area contributed by atoms with Gasteiger partial charge in [-0.2, -0.15) is 0 Å². The first-order chi connectivity index (χ1) is 43.0. The third-order valence-electron chi connectivity index (χ3n) is 16.3. The topological polar surface area (TPSA) is 328 Å². The molecule has 9 amide bonds. The molecule has 1 saturated heterocycles. The Labute approximate surface area is 512 Å². The second-order valence-electron chi connectivity index (χ2n) is 22.8. The number of carbonyl (C=O) groups excluding carboxylic acids is 10. The summed E-state index contributed by atoms with van der Waals surface area (Å²) >= 11 is 0. The van der Waals surface area contributed by atoms with Crippen LogP contribution in [0.3, 0.4) is 0 Å². The molecule has 27 nitrogen and oxygen atoms in total. The summed E-state index contributed by atoms with van der Waals surface area (Å²) in [6, 6.07) is 22.1. The fourth-order valence-electron chi connectivity index (χ4n) is 12.0. The van der Waals surface area contributed by atoms with E-state index in [0.717, 1.165) is 17.7 Å². The number of carbonyl (C=O) groups is 10. The van der Waals surface area contributed by atoms with E-state index in [1.807, 2.05) is 24.3 Å². The van der Waals surface area contributed by atoms with Crippen LogP contribution in [-0.2, 0) is 57.3 Å². The molecule has 3 aliphatic rings. The molecular formula is C63H61N17O10. The third kappa shape index (κ3) is 11.2. The van der Waals surface area contributed by atoms with Gasteiger partial charge < -0.3 is 79.8 Å². The van der Waals surface area contributed by atoms with Gasteiger partial charge in [0, 0.05) is 145 Å². The normalized spacial score (nSPS) is 15.3. The minimum Gasteiger partial charge on any atom is -0.351 e. The van der Waals surface area contributed by atoms with Crippen molar-refractivity contribution in [2.45, 2.75) is 31.6 Å². The molecule has 7 aromatic heterocycles. The van der Waals surface area contributed by atoms with Crippen LogP contribution in [0.1, 0.15) is 116 Å². The Morgan fingerprint density at radius 1 is 0.556 bits per heavy atom. The number of amides is 9. The largest absolute Gasteiger partial charge is 0.351 e. The molecule has 9 N–H and O–H groups in total. The molecule has 12 rings (SSSR count). The summed E-state index contributed by atoms with van der Waals surface area (Å²) in [5, 5.41) is 22.8. The van der Waals surface area contributed by atoms with E-state index >= 15 is 0 Å². The molecule has 1 aliphatic heterocycles. The highest BCUT2D eigenvalue weighted by Crippen LogP contribution is 2.66. The summed E-state index contributed by atoms with van der Waals surface area (Å²) in [5.74, 6) is -3.67. The number of ketones is 1. The maximum absolute atomic E-state index is 14.0. The summed E-state index contributed by atoms with van der Waals surface area (Å²) in [4.78, 5) is 141. The van der Waals surface area contributed by atoms with Crippen LogP contribution in [-0.4, -0.2) is 114 Å². The number of aromatic amines is 1. The monoisotopic (exact) mass is 1220 g/mol. The lowest BCUT2D eigenvalue weighted by molar-refractivity contribution is -0.116. The number of benzene rings is 2. The lowest BCUT2D eigenvalue weighted by Gasteiger charge is -2.29. The number of nitrogens with one attached hydrogen (secondary N) is 9. The molecular weight excluding hydrogens is 1150 g/mol. The number of likely N-dealkylation sites (tertiary alicyclic amines) is 1. The Morgan fingerprint density at radius 2 is 1.06 bits per heavy atom. The van der Waals surface area contributed by atoms with Gasteiger partial charge in [-0.3, -0.25) is 47.9 Å². The molecule has 2 aromatic carbocycles. The van der Waals surface area contributed by atoms with E-state index in [4.69, 9.17) is 0 Å². The maximum Gasteiger partial charge on any atom is 0.291 e. The van der Waals surface area contributed by atoms with Crippen LogP contribution in [0.15, 0.2) is 128 Å². The zero-order chi connectivity index (χ0) is 63.6. The summed E-state index contributed by atoms with van der Waals surface area (Å²) < 4.78 is 9.17. The van der Waals surface area contributed by atoms with Gasteiger partial charge in [0.1, 0.15) is 34.2 Å². The Balaban J connectivity index is 0.580. The highest BCUT2D eigenvalue weighted by molar-refractivity contribution is 6.12. The average Bonchev–Trinajstić information content (AvgIpc) is 1.51. The van der Waals surface area contributed by atoms with E-state index in [2.05, 4.69) is 52.5 Å². The Kier molecular flexibility index (Phi) is 14.9. The van der Waals surface area contributed by atoms with E-state index in [-0.39, 0.29) is 88.4 Å². The molecule has 458 valence electrons. The minimum atomic E-state index is -0.603. The van der Waals surface area contributed by atoms with Crippen LogP contribution in [0.25, 0.3) is 10.9 Å². The van der Waals surface area contributed by atoms with Gasteiger partial charge in [-0.25, -0.2) is 4.98 Å². The van der Waals surface area contributed by atoms with Crippen LogP contribution >= 0.6 is 0 Å². The zero-order valence-electron chi connectivity index (χ0n) is 49.8. The molecule has 27 heteroatoms. The Bertz CT molecular complexity index is 4590. The molecule has 2 aliphatic carbocycles. The number of aryl methyl sites for hydroxylation is 6. The highest BCUT2D eigenvalue weighted by Gasteiger charge is 2.67. The number of hydrogen-bond acceptors (Lipinski definition) is 11. The smallest absolute Gasteiger partial charge is 0.291 e. The van der Waals surface area contributed by atoms with Gasteiger partial charge in [-0.15, -0.1) is 0 Å². The summed E-state index contributed by atoms with van der Waals surface area (Å²) in [7, 11) is 9.82. The lowest BCUT2D eigenvalue weighted by Crippen LogP contribution is -2.33. The molecule has 0 bridgehead atoms. The van der Waals surface area contributed by atoms with Crippen molar-refractivity contribution in [2.75, 3.05) is 50.3 Å². The third-order valence-corrected chi connectivity index (χ3v) is 16.3. The van der Waals surface area contributed by atoms with Crippen molar-refractivity contribution in [3.05, 3.63) is 179 Å². The molecule has 1 spiro atoms. The number of anilines is 7. The van der Waals surface area contributed by atoms with E-state index in [1.54, 1.807) is 118 Å². The van der Waals surface area contributed by atoms with Crippen molar-refractivity contribution in [3.8, 4) is 0 Å². The molecule has 1 saturated carbocycles. The first-order valence-corrected chi connectivity index (χ1v) is 28.6. The van der Waals surface area contributed by atoms with Gasteiger partial charge >= 0.3 is 0 Å². The van der Waals surface area contributed by atoms with Crippen LogP contribution in [0, 0.1) is 5.92 Å². The number of fused-ring (bicyclic) bond motifs is 2. The van der Waals surface area contributed by atoms with Crippen molar-refractivity contribution in [1.29, 1.82) is 0 Å². The Morgan fingerprint density at radius 3 is 1.60 bits per heavy atom. The van der Waals surface area contributed by atoms with Crippen LogP contribution in [0.5, 0.6) is 0 Å². The predicted octanol–water partition coefficient (Wildman–Crippen LogP) is 6.46. The quantitative estimate of drug-likeness (QED) is 0.0420. The molecule has 2 fully saturated rings.